The number of amides is 2. The topological polar surface area (TPSA) is 55.8 Å². The number of hydrogen-bond acceptors (Lipinski definition) is 5. The summed E-state index contributed by atoms with van der Waals surface area (Å²) in [5.74, 6) is 1.97. The fourth-order valence-electron chi connectivity index (χ4n) is 4.15. The molecule has 2 aliphatic heterocycles. The van der Waals surface area contributed by atoms with Gasteiger partial charge in [0.2, 0.25) is 0 Å². The predicted molar refractivity (Wildman–Crippen MR) is 111 cm³/mol. The number of carbonyl (C=O) groups is 1. The fraction of sp³-hybridized carbons (Fsp3) is 0.476. The van der Waals surface area contributed by atoms with Gasteiger partial charge in [0, 0.05) is 63.7 Å². The van der Waals surface area contributed by atoms with Gasteiger partial charge >= 0.3 is 6.03 Å². The van der Waals surface area contributed by atoms with E-state index in [1.165, 1.54) is 0 Å². The van der Waals surface area contributed by atoms with Crippen LogP contribution in [0.15, 0.2) is 48.8 Å². The van der Waals surface area contributed by atoms with Crippen LogP contribution in [0.3, 0.4) is 0 Å². The first kappa shape index (κ1) is 18.5. The Bertz CT molecular complexity index is 720. The molecule has 0 aromatic carbocycles. The molecule has 2 aromatic rings. The third kappa shape index (κ3) is 3.74. The minimum atomic E-state index is 0.154. The lowest BCUT2D eigenvalue weighted by Crippen LogP contribution is -2.62. The zero-order valence-corrected chi connectivity index (χ0v) is 16.6. The van der Waals surface area contributed by atoms with Crippen molar-refractivity contribution in [2.45, 2.75) is 25.9 Å². The molecular weight excluding hydrogens is 352 g/mol. The number of aromatic nitrogens is 2. The summed E-state index contributed by atoms with van der Waals surface area (Å²) in [4.78, 5) is 30.7. The normalized spacial score (nSPS) is 23.1. The molecule has 0 spiro atoms. The van der Waals surface area contributed by atoms with E-state index in [0.717, 1.165) is 50.9 Å². The largest absolute Gasteiger partial charge is 0.353 e. The minimum absolute atomic E-state index is 0.154. The van der Waals surface area contributed by atoms with Crippen molar-refractivity contribution in [2.75, 3.05) is 49.1 Å². The van der Waals surface area contributed by atoms with Crippen LogP contribution < -0.4 is 9.80 Å². The molecule has 0 saturated carbocycles. The van der Waals surface area contributed by atoms with E-state index in [0.29, 0.717) is 0 Å². The lowest BCUT2D eigenvalue weighted by Gasteiger charge is -2.46. The van der Waals surface area contributed by atoms with Crippen LogP contribution in [-0.4, -0.2) is 77.2 Å². The van der Waals surface area contributed by atoms with Gasteiger partial charge in [-0.1, -0.05) is 12.1 Å². The molecule has 0 bridgehead atoms. The van der Waals surface area contributed by atoms with Crippen molar-refractivity contribution >= 4 is 17.7 Å². The average Bonchev–Trinajstić information content (AvgIpc) is 2.74. The Hall–Kier alpha value is -2.83. The lowest BCUT2D eigenvalue weighted by atomic mass is 10.1. The van der Waals surface area contributed by atoms with E-state index in [1.807, 2.05) is 58.6 Å². The van der Waals surface area contributed by atoms with Crippen molar-refractivity contribution in [2.24, 2.45) is 0 Å². The van der Waals surface area contributed by atoms with Crippen molar-refractivity contribution in [1.82, 2.24) is 19.8 Å². The molecule has 0 aliphatic carbocycles. The smallest absolute Gasteiger partial charge is 0.320 e. The Morgan fingerprint density at radius 3 is 1.61 bits per heavy atom. The summed E-state index contributed by atoms with van der Waals surface area (Å²) in [6.07, 6.45) is 3.64. The number of carbonyl (C=O) groups excluding carboxylic acids is 1. The highest BCUT2D eigenvalue weighted by atomic mass is 16.2. The highest BCUT2D eigenvalue weighted by molar-refractivity contribution is 5.76. The Labute approximate surface area is 166 Å². The summed E-state index contributed by atoms with van der Waals surface area (Å²) in [7, 11) is 0. The third-order valence-corrected chi connectivity index (χ3v) is 5.69. The van der Waals surface area contributed by atoms with Crippen molar-refractivity contribution in [3.05, 3.63) is 48.8 Å². The van der Waals surface area contributed by atoms with Gasteiger partial charge in [-0.25, -0.2) is 14.8 Å². The standard InChI is InChI=1S/C21H28N6O/c1-17-15-24(19-7-3-5-9-22-19)11-13-26(17)21(28)27-14-12-25(16-18(27)2)20-8-4-6-10-23-20/h3-10,17-18H,11-16H2,1-2H3. The Morgan fingerprint density at radius 2 is 1.25 bits per heavy atom. The first-order valence-electron chi connectivity index (χ1n) is 10.0. The maximum absolute atomic E-state index is 13.2. The molecule has 2 atom stereocenters. The first-order chi connectivity index (χ1) is 13.6. The monoisotopic (exact) mass is 380 g/mol. The first-order valence-corrected chi connectivity index (χ1v) is 10.0. The van der Waals surface area contributed by atoms with E-state index >= 15 is 0 Å². The zero-order chi connectivity index (χ0) is 19.5. The summed E-state index contributed by atoms with van der Waals surface area (Å²) in [5.41, 5.74) is 0. The van der Waals surface area contributed by atoms with E-state index in [9.17, 15) is 4.79 Å². The molecule has 148 valence electrons. The maximum Gasteiger partial charge on any atom is 0.320 e. The van der Waals surface area contributed by atoms with E-state index in [4.69, 9.17) is 0 Å². The molecule has 4 rings (SSSR count). The molecule has 2 amide bonds. The molecule has 2 aliphatic rings. The molecular formula is C21H28N6O. The number of rotatable bonds is 2. The summed E-state index contributed by atoms with van der Waals surface area (Å²) >= 11 is 0. The van der Waals surface area contributed by atoms with Crippen LogP contribution in [0, 0.1) is 0 Å². The number of urea groups is 1. The number of anilines is 2. The van der Waals surface area contributed by atoms with Gasteiger partial charge in [-0.2, -0.15) is 0 Å². The molecule has 2 unspecified atom stereocenters. The van der Waals surface area contributed by atoms with E-state index in [1.54, 1.807) is 0 Å². The highest BCUT2D eigenvalue weighted by Gasteiger charge is 2.35. The molecule has 7 nitrogen and oxygen atoms in total. The number of nitrogens with zero attached hydrogens (tertiary/aromatic N) is 6. The second kappa shape index (κ2) is 8.04. The summed E-state index contributed by atoms with van der Waals surface area (Å²) in [6, 6.07) is 12.4. The summed E-state index contributed by atoms with van der Waals surface area (Å²) in [6.45, 7) is 8.96. The van der Waals surface area contributed by atoms with Gasteiger partial charge in [-0.3, -0.25) is 0 Å². The number of hydrogen-bond donors (Lipinski definition) is 0. The van der Waals surface area contributed by atoms with Crippen LogP contribution in [0.4, 0.5) is 16.4 Å². The van der Waals surface area contributed by atoms with Gasteiger partial charge < -0.3 is 19.6 Å². The van der Waals surface area contributed by atoms with E-state index in [2.05, 4.69) is 33.6 Å². The van der Waals surface area contributed by atoms with Gasteiger partial charge in [0.25, 0.3) is 0 Å². The van der Waals surface area contributed by atoms with Crippen LogP contribution >= 0.6 is 0 Å². The maximum atomic E-state index is 13.2. The molecule has 28 heavy (non-hydrogen) atoms. The van der Waals surface area contributed by atoms with Crippen molar-refractivity contribution in [1.29, 1.82) is 0 Å². The highest BCUT2D eigenvalue weighted by Crippen LogP contribution is 2.21. The average molecular weight is 380 g/mol. The Balaban J connectivity index is 1.37. The lowest BCUT2D eigenvalue weighted by molar-refractivity contribution is 0.112. The molecule has 7 heteroatoms. The summed E-state index contributed by atoms with van der Waals surface area (Å²) < 4.78 is 0. The van der Waals surface area contributed by atoms with Crippen LogP contribution in [0.5, 0.6) is 0 Å². The Kier molecular flexibility index (Phi) is 5.32. The van der Waals surface area contributed by atoms with Crippen molar-refractivity contribution < 1.29 is 4.79 Å². The van der Waals surface area contributed by atoms with Crippen LogP contribution in [0.1, 0.15) is 13.8 Å². The van der Waals surface area contributed by atoms with E-state index < -0.39 is 0 Å². The van der Waals surface area contributed by atoms with Crippen LogP contribution in [0.25, 0.3) is 0 Å². The summed E-state index contributed by atoms with van der Waals surface area (Å²) in [5, 5.41) is 0. The minimum Gasteiger partial charge on any atom is -0.353 e. The molecule has 2 aromatic heterocycles. The molecule has 0 radical (unpaired) electrons. The third-order valence-electron chi connectivity index (χ3n) is 5.69. The van der Waals surface area contributed by atoms with Crippen LogP contribution in [-0.2, 0) is 0 Å². The zero-order valence-electron chi connectivity index (χ0n) is 16.6. The number of pyridine rings is 2. The van der Waals surface area contributed by atoms with Gasteiger partial charge in [-0.15, -0.1) is 0 Å². The number of piperazine rings is 2. The SMILES string of the molecule is CC1CN(c2ccccn2)CCN1C(=O)N1CCN(c2ccccn2)CC1C. The van der Waals surface area contributed by atoms with Crippen molar-refractivity contribution in [3.8, 4) is 0 Å². The molecule has 4 heterocycles. The van der Waals surface area contributed by atoms with Gasteiger partial charge in [-0.05, 0) is 38.1 Å². The fourth-order valence-corrected chi connectivity index (χ4v) is 4.15. The molecule has 2 fully saturated rings. The van der Waals surface area contributed by atoms with Gasteiger partial charge in [0.05, 0.1) is 0 Å². The van der Waals surface area contributed by atoms with Crippen LogP contribution in [0.2, 0.25) is 0 Å². The van der Waals surface area contributed by atoms with Gasteiger partial charge in [0.15, 0.2) is 0 Å². The van der Waals surface area contributed by atoms with E-state index in [-0.39, 0.29) is 18.1 Å². The van der Waals surface area contributed by atoms with Gasteiger partial charge in [0.1, 0.15) is 11.6 Å². The second-order valence-corrected chi connectivity index (χ2v) is 7.64. The second-order valence-electron chi connectivity index (χ2n) is 7.64. The predicted octanol–water partition coefficient (Wildman–Crippen LogP) is 2.32. The quantitative estimate of drug-likeness (QED) is 0.800. The van der Waals surface area contributed by atoms with Crippen molar-refractivity contribution in [3.63, 3.8) is 0 Å². The molecule has 2 saturated heterocycles. The molecule has 0 N–H and O–H groups in total. The Morgan fingerprint density at radius 1 is 0.786 bits per heavy atom.